The molecule has 0 N–H and O–H groups in total. The first-order chi connectivity index (χ1) is 22.7. The highest BCUT2D eigenvalue weighted by atomic mass is 35.5. The van der Waals surface area contributed by atoms with Crippen molar-refractivity contribution in [2.75, 3.05) is 11.4 Å². The highest BCUT2D eigenvalue weighted by molar-refractivity contribution is 7.93. The van der Waals surface area contributed by atoms with E-state index >= 15 is 0 Å². The number of rotatable bonds is 11. The van der Waals surface area contributed by atoms with Crippen molar-refractivity contribution in [3.05, 3.63) is 143 Å². The van der Waals surface area contributed by atoms with Crippen molar-refractivity contribution in [2.24, 2.45) is 0 Å². The first kappa shape index (κ1) is 31.8. The molecule has 0 saturated heterocycles. The predicted molar refractivity (Wildman–Crippen MR) is 183 cm³/mol. The third-order valence-electron chi connectivity index (χ3n) is 7.60. The molecule has 0 saturated carbocycles. The lowest BCUT2D eigenvalue weighted by Gasteiger charge is -2.26. The van der Waals surface area contributed by atoms with Gasteiger partial charge in [0.25, 0.3) is 10.0 Å². The summed E-state index contributed by atoms with van der Waals surface area (Å²) in [5.41, 5.74) is 4.45. The first-order valence-corrected chi connectivity index (χ1v) is 16.6. The van der Waals surface area contributed by atoms with Gasteiger partial charge in [0, 0.05) is 10.7 Å². The number of pyridine rings is 1. The number of nitrogens with zero attached hydrogens (tertiary/aromatic N) is 5. The SMILES string of the molecule is COc1ccc(-c2ccc(C)c(Cl)c2)cc1S(=O)(=O)N(Cc1nncn1Cc1cccc(C)n1)c1ccc(Oc2ccccc2)cc1. The number of anilines is 1. The lowest BCUT2D eigenvalue weighted by molar-refractivity contribution is 0.402. The van der Waals surface area contributed by atoms with Gasteiger partial charge in [0.15, 0.2) is 5.82 Å². The van der Waals surface area contributed by atoms with Gasteiger partial charge in [0.1, 0.15) is 28.5 Å². The van der Waals surface area contributed by atoms with E-state index in [-0.39, 0.29) is 17.2 Å². The molecule has 0 aliphatic carbocycles. The molecule has 0 aliphatic rings. The van der Waals surface area contributed by atoms with Crippen LogP contribution < -0.4 is 13.8 Å². The monoisotopic (exact) mass is 665 g/mol. The van der Waals surface area contributed by atoms with Crippen molar-refractivity contribution in [2.45, 2.75) is 31.8 Å². The van der Waals surface area contributed by atoms with Crippen molar-refractivity contribution >= 4 is 27.3 Å². The standard InChI is InChI=1S/C36H32ClN5O4S/c1-25-12-13-27(20-33(25)37)28-14-19-34(45-3)35(21-28)47(43,44)42(30-15-17-32(18-16-30)46-31-10-5-4-6-11-31)23-36-40-38-24-41(36)22-29-9-7-8-26(2)39-29/h4-21,24H,22-23H2,1-3H3. The molecule has 0 spiro atoms. The van der Waals surface area contributed by atoms with Gasteiger partial charge < -0.3 is 14.0 Å². The van der Waals surface area contributed by atoms with Crippen LogP contribution in [0.15, 0.2) is 120 Å². The van der Waals surface area contributed by atoms with Crippen LogP contribution in [0.25, 0.3) is 11.1 Å². The highest BCUT2D eigenvalue weighted by Gasteiger charge is 2.31. The minimum absolute atomic E-state index is 0.00905. The summed E-state index contributed by atoms with van der Waals surface area (Å²) in [6, 6.07) is 32.7. The van der Waals surface area contributed by atoms with Gasteiger partial charge in [0.05, 0.1) is 31.6 Å². The van der Waals surface area contributed by atoms with E-state index in [1.807, 2.05) is 86.6 Å². The topological polar surface area (TPSA) is 99.4 Å². The van der Waals surface area contributed by atoms with Gasteiger partial charge in [-0.3, -0.25) is 9.29 Å². The predicted octanol–water partition coefficient (Wildman–Crippen LogP) is 7.86. The average Bonchev–Trinajstić information content (AvgIpc) is 3.51. The molecule has 0 amide bonds. The number of aryl methyl sites for hydroxylation is 2. The fourth-order valence-corrected chi connectivity index (χ4v) is 6.88. The summed E-state index contributed by atoms with van der Waals surface area (Å²) in [4.78, 5) is 4.58. The Morgan fingerprint density at radius 3 is 2.28 bits per heavy atom. The maximum absolute atomic E-state index is 14.8. The van der Waals surface area contributed by atoms with E-state index in [2.05, 4.69) is 15.2 Å². The molecular formula is C36H32ClN5O4S. The average molecular weight is 666 g/mol. The van der Waals surface area contributed by atoms with E-state index in [4.69, 9.17) is 21.1 Å². The van der Waals surface area contributed by atoms with Crippen LogP contribution in [-0.4, -0.2) is 35.3 Å². The molecule has 6 aromatic rings. The summed E-state index contributed by atoms with van der Waals surface area (Å²) in [6.07, 6.45) is 1.57. The third kappa shape index (κ3) is 7.14. The fraction of sp³-hybridized carbons (Fsp3) is 0.139. The van der Waals surface area contributed by atoms with E-state index in [1.165, 1.54) is 11.4 Å². The van der Waals surface area contributed by atoms with Crippen LogP contribution in [0, 0.1) is 13.8 Å². The Hall–Kier alpha value is -5.19. The summed E-state index contributed by atoms with van der Waals surface area (Å²) >= 11 is 6.43. The second-order valence-corrected chi connectivity index (χ2v) is 13.1. The van der Waals surface area contributed by atoms with Crippen LogP contribution in [0.2, 0.25) is 5.02 Å². The quantitative estimate of drug-likeness (QED) is 0.139. The van der Waals surface area contributed by atoms with Gasteiger partial charge in [-0.15, -0.1) is 10.2 Å². The summed E-state index contributed by atoms with van der Waals surface area (Å²) in [5.74, 6) is 1.86. The zero-order valence-electron chi connectivity index (χ0n) is 26.0. The Kier molecular flexibility index (Phi) is 9.24. The molecule has 11 heteroatoms. The molecule has 0 radical (unpaired) electrons. The van der Waals surface area contributed by atoms with E-state index in [0.29, 0.717) is 40.1 Å². The van der Waals surface area contributed by atoms with Gasteiger partial charge >= 0.3 is 0 Å². The molecule has 47 heavy (non-hydrogen) atoms. The fourth-order valence-electron chi connectivity index (χ4n) is 5.09. The van der Waals surface area contributed by atoms with Crippen LogP contribution in [0.5, 0.6) is 17.2 Å². The number of hydrogen-bond donors (Lipinski definition) is 0. The Bertz CT molecular complexity index is 2120. The molecule has 9 nitrogen and oxygen atoms in total. The molecule has 2 heterocycles. The molecule has 0 aliphatic heterocycles. The number of para-hydroxylation sites is 1. The molecule has 0 fully saturated rings. The zero-order chi connectivity index (χ0) is 33.0. The van der Waals surface area contributed by atoms with Crippen LogP contribution >= 0.6 is 11.6 Å². The summed E-state index contributed by atoms with van der Waals surface area (Å²) in [6.45, 7) is 4.09. The van der Waals surface area contributed by atoms with E-state index in [0.717, 1.165) is 22.5 Å². The van der Waals surface area contributed by atoms with Gasteiger partial charge in [-0.05, 0) is 97.3 Å². The number of methoxy groups -OCH3 is 1. The second kappa shape index (κ2) is 13.7. The molecule has 0 unspecified atom stereocenters. The van der Waals surface area contributed by atoms with Crippen molar-refractivity contribution in [1.29, 1.82) is 0 Å². The molecule has 0 atom stereocenters. The van der Waals surface area contributed by atoms with Crippen molar-refractivity contribution in [3.8, 4) is 28.4 Å². The van der Waals surface area contributed by atoms with Crippen LogP contribution in [0.4, 0.5) is 5.69 Å². The van der Waals surface area contributed by atoms with Crippen LogP contribution in [-0.2, 0) is 23.1 Å². The third-order valence-corrected chi connectivity index (χ3v) is 9.80. The number of hydrogen-bond acceptors (Lipinski definition) is 7. The van der Waals surface area contributed by atoms with Gasteiger partial charge in [-0.1, -0.05) is 54.1 Å². The summed E-state index contributed by atoms with van der Waals surface area (Å²) in [5, 5.41) is 9.01. The molecule has 2 aromatic heterocycles. The minimum atomic E-state index is -4.25. The zero-order valence-corrected chi connectivity index (χ0v) is 27.6. The Morgan fingerprint density at radius 1 is 0.830 bits per heavy atom. The number of benzene rings is 4. The Labute approximate surface area is 279 Å². The number of aromatic nitrogens is 4. The van der Waals surface area contributed by atoms with Crippen LogP contribution in [0.1, 0.15) is 22.8 Å². The van der Waals surface area contributed by atoms with Crippen molar-refractivity contribution < 1.29 is 17.9 Å². The van der Waals surface area contributed by atoms with Gasteiger partial charge in [-0.2, -0.15) is 0 Å². The largest absolute Gasteiger partial charge is 0.495 e. The second-order valence-electron chi connectivity index (χ2n) is 10.9. The Morgan fingerprint density at radius 2 is 1.55 bits per heavy atom. The van der Waals surface area contributed by atoms with E-state index in [1.54, 1.807) is 47.3 Å². The maximum atomic E-state index is 14.8. The number of halogens is 1. The molecule has 238 valence electrons. The van der Waals surface area contributed by atoms with Crippen molar-refractivity contribution in [3.63, 3.8) is 0 Å². The highest BCUT2D eigenvalue weighted by Crippen LogP contribution is 2.36. The molecular weight excluding hydrogens is 634 g/mol. The summed E-state index contributed by atoms with van der Waals surface area (Å²) < 4.78 is 44.2. The molecule has 4 aromatic carbocycles. The minimum Gasteiger partial charge on any atom is -0.495 e. The van der Waals surface area contributed by atoms with Gasteiger partial charge in [-0.25, -0.2) is 8.42 Å². The Balaban J connectivity index is 1.42. The smallest absolute Gasteiger partial charge is 0.268 e. The lowest BCUT2D eigenvalue weighted by atomic mass is 10.0. The molecule has 6 rings (SSSR count). The van der Waals surface area contributed by atoms with Crippen molar-refractivity contribution in [1.82, 2.24) is 19.7 Å². The number of ether oxygens (including phenoxy) is 2. The van der Waals surface area contributed by atoms with E-state index in [9.17, 15) is 8.42 Å². The molecule has 0 bridgehead atoms. The lowest BCUT2D eigenvalue weighted by Crippen LogP contribution is -2.32. The van der Waals surface area contributed by atoms with Gasteiger partial charge in [0.2, 0.25) is 0 Å². The summed E-state index contributed by atoms with van der Waals surface area (Å²) in [7, 11) is -2.81. The number of sulfonamides is 1. The van der Waals surface area contributed by atoms with Crippen LogP contribution in [0.3, 0.4) is 0 Å². The maximum Gasteiger partial charge on any atom is 0.268 e. The van der Waals surface area contributed by atoms with E-state index < -0.39 is 10.0 Å². The first-order valence-electron chi connectivity index (χ1n) is 14.8. The normalized spacial score (nSPS) is 11.3.